The molecule has 0 aromatic heterocycles. The summed E-state index contributed by atoms with van der Waals surface area (Å²) < 4.78 is 4.84. The molecule has 1 unspecified atom stereocenters. The van der Waals surface area contributed by atoms with Gasteiger partial charge in [0.15, 0.2) is 0 Å². The van der Waals surface area contributed by atoms with E-state index in [-0.39, 0.29) is 35.2 Å². The van der Waals surface area contributed by atoms with Crippen LogP contribution in [0.5, 0.6) is 0 Å². The Hall–Kier alpha value is -0.305. The molecular weight excluding hydrogens is 139 g/mol. The Morgan fingerprint density at radius 1 is 1.45 bits per heavy atom. The van der Waals surface area contributed by atoms with Crippen LogP contribution in [0.25, 0.3) is 0 Å². The van der Waals surface area contributed by atoms with Crippen LogP contribution < -0.4 is 0 Å². The minimum Gasteiger partial charge on any atom is -0.381 e. The lowest BCUT2D eigenvalue weighted by atomic mass is 10.2. The van der Waals surface area contributed by atoms with Gasteiger partial charge >= 0.3 is 0 Å². The van der Waals surface area contributed by atoms with E-state index in [1.807, 2.05) is 6.92 Å². The van der Waals surface area contributed by atoms with Gasteiger partial charge in [-0.15, -0.1) is 0 Å². The molecule has 0 bridgehead atoms. The summed E-state index contributed by atoms with van der Waals surface area (Å²) in [6.07, 6.45) is 0.601. The summed E-state index contributed by atoms with van der Waals surface area (Å²) in [6, 6.07) is 0. The lowest BCUT2D eigenvalue weighted by Crippen LogP contribution is -2.08. The lowest BCUT2D eigenvalue weighted by Gasteiger charge is -2.03. The Balaban J connectivity index is -0.0000000817. The van der Waals surface area contributed by atoms with E-state index in [4.69, 9.17) is 4.74 Å². The van der Waals surface area contributed by atoms with E-state index < -0.39 is 0 Å². The highest BCUT2D eigenvalue weighted by molar-refractivity contribution is 5.76. The molecule has 67 valence electrons. The summed E-state index contributed by atoms with van der Waals surface area (Å²) >= 11 is 0. The van der Waals surface area contributed by atoms with Gasteiger partial charge in [-0.3, -0.25) is 4.79 Å². The first-order valence-electron chi connectivity index (χ1n) is 2.69. The number of carbonyl (C=O) groups is 1. The number of methoxy groups -OCH3 is 1. The SMILES string of the molecule is C.C.COC(C)CC(C)=O.[B]. The van der Waals surface area contributed by atoms with E-state index in [1.165, 1.54) is 0 Å². The molecule has 0 aliphatic rings. The summed E-state index contributed by atoms with van der Waals surface area (Å²) in [4.78, 5) is 10.3. The molecule has 2 nitrogen and oxygen atoms in total. The van der Waals surface area contributed by atoms with Crippen molar-refractivity contribution in [3.05, 3.63) is 0 Å². The molecule has 3 radical (unpaired) electrons. The van der Waals surface area contributed by atoms with Crippen molar-refractivity contribution in [3.63, 3.8) is 0 Å². The normalized spacial score (nSPS) is 9.73. The summed E-state index contributed by atoms with van der Waals surface area (Å²) in [6.45, 7) is 3.44. The maximum atomic E-state index is 10.3. The third-order valence-corrected chi connectivity index (χ3v) is 0.977. The zero-order chi connectivity index (χ0) is 6.57. The van der Waals surface area contributed by atoms with Crippen molar-refractivity contribution in [3.8, 4) is 0 Å². The summed E-state index contributed by atoms with van der Waals surface area (Å²) in [5.74, 6) is 0.180. The fourth-order valence-corrected chi connectivity index (χ4v) is 0.488. The maximum absolute atomic E-state index is 10.3. The van der Waals surface area contributed by atoms with Gasteiger partial charge in [0.2, 0.25) is 0 Å². The number of hydrogen-bond donors (Lipinski definition) is 0. The minimum absolute atomic E-state index is 0. The molecule has 0 aromatic carbocycles. The molecule has 0 N–H and O–H groups in total. The quantitative estimate of drug-likeness (QED) is 0.587. The molecule has 3 heteroatoms. The van der Waals surface area contributed by atoms with E-state index in [9.17, 15) is 4.79 Å². The maximum Gasteiger partial charge on any atom is 0.132 e. The van der Waals surface area contributed by atoms with Gasteiger partial charge in [0, 0.05) is 21.9 Å². The van der Waals surface area contributed by atoms with Crippen molar-refractivity contribution < 1.29 is 9.53 Å². The van der Waals surface area contributed by atoms with Crippen LogP contribution in [0.15, 0.2) is 0 Å². The lowest BCUT2D eigenvalue weighted by molar-refractivity contribution is -0.119. The molecule has 1 atom stereocenters. The average molecular weight is 159 g/mol. The predicted octanol–water partition coefficient (Wildman–Crippen LogP) is 1.89. The van der Waals surface area contributed by atoms with Gasteiger partial charge < -0.3 is 4.74 Å². The van der Waals surface area contributed by atoms with E-state index in [0.717, 1.165) is 0 Å². The van der Waals surface area contributed by atoms with Gasteiger partial charge in [0.05, 0.1) is 6.10 Å². The third-order valence-electron chi connectivity index (χ3n) is 0.977. The standard InChI is InChI=1S/C6H12O2.2CH4.B/c1-5(7)4-6(2)8-3;;;/h6H,4H2,1-3H3;2*1H4;. The summed E-state index contributed by atoms with van der Waals surface area (Å²) in [5.41, 5.74) is 0. The zero-order valence-corrected chi connectivity index (χ0v) is 6.18. The first-order valence-corrected chi connectivity index (χ1v) is 2.69. The Morgan fingerprint density at radius 3 is 1.91 bits per heavy atom. The van der Waals surface area contributed by atoms with Gasteiger partial charge in [0.25, 0.3) is 0 Å². The van der Waals surface area contributed by atoms with Gasteiger partial charge in [0.1, 0.15) is 5.78 Å². The fourth-order valence-electron chi connectivity index (χ4n) is 0.488. The van der Waals surface area contributed by atoms with E-state index in [0.29, 0.717) is 6.42 Å². The van der Waals surface area contributed by atoms with Crippen molar-refractivity contribution in [1.29, 1.82) is 0 Å². The number of ketones is 1. The minimum atomic E-state index is 0. The Kier molecular flexibility index (Phi) is 25.2. The second-order valence-electron chi connectivity index (χ2n) is 1.95. The molecule has 0 amide bonds. The van der Waals surface area contributed by atoms with Crippen molar-refractivity contribution in [2.24, 2.45) is 0 Å². The van der Waals surface area contributed by atoms with E-state index in [1.54, 1.807) is 14.0 Å². The largest absolute Gasteiger partial charge is 0.381 e. The number of hydrogen-bond acceptors (Lipinski definition) is 2. The van der Waals surface area contributed by atoms with E-state index >= 15 is 0 Å². The van der Waals surface area contributed by atoms with Crippen LogP contribution in [0.2, 0.25) is 0 Å². The van der Waals surface area contributed by atoms with Gasteiger partial charge in [-0.1, -0.05) is 14.9 Å². The smallest absolute Gasteiger partial charge is 0.132 e. The zero-order valence-electron chi connectivity index (χ0n) is 6.18. The Labute approximate surface area is 72.9 Å². The molecule has 0 heterocycles. The molecule has 0 aliphatic carbocycles. The molecule has 0 spiro atoms. The second-order valence-corrected chi connectivity index (χ2v) is 1.95. The Bertz CT molecular complexity index is 84.2. The molecule has 0 aromatic rings. The molecule has 0 saturated heterocycles. The van der Waals surface area contributed by atoms with Crippen molar-refractivity contribution in [2.45, 2.75) is 41.2 Å². The molecule has 0 rings (SSSR count). The highest BCUT2D eigenvalue weighted by Gasteiger charge is 2.00. The van der Waals surface area contributed by atoms with Crippen LogP contribution in [0.3, 0.4) is 0 Å². The highest BCUT2D eigenvalue weighted by atomic mass is 16.5. The molecule has 0 fully saturated rings. The molecule has 11 heavy (non-hydrogen) atoms. The highest BCUT2D eigenvalue weighted by Crippen LogP contribution is 1.94. The molecule has 0 saturated carbocycles. The third kappa shape index (κ3) is 17.7. The summed E-state index contributed by atoms with van der Waals surface area (Å²) in [5, 5.41) is 0. The van der Waals surface area contributed by atoms with Crippen LogP contribution in [-0.2, 0) is 9.53 Å². The fraction of sp³-hybridized carbons (Fsp3) is 0.875. The van der Waals surface area contributed by atoms with Crippen LogP contribution >= 0.6 is 0 Å². The van der Waals surface area contributed by atoms with E-state index in [2.05, 4.69) is 0 Å². The number of carbonyl (C=O) groups excluding carboxylic acids is 1. The number of ether oxygens (including phenoxy) is 1. The average Bonchev–Trinajstić information content (AvgIpc) is 1.65. The first kappa shape index (κ1) is 22.4. The first-order chi connectivity index (χ1) is 3.66. The Morgan fingerprint density at radius 2 is 1.82 bits per heavy atom. The van der Waals surface area contributed by atoms with Gasteiger partial charge in [-0.2, -0.15) is 0 Å². The topological polar surface area (TPSA) is 26.3 Å². The van der Waals surface area contributed by atoms with Crippen LogP contribution in [0.4, 0.5) is 0 Å². The number of rotatable bonds is 3. The van der Waals surface area contributed by atoms with Crippen LogP contribution in [-0.4, -0.2) is 27.4 Å². The summed E-state index contributed by atoms with van der Waals surface area (Å²) in [7, 11) is 1.60. The van der Waals surface area contributed by atoms with Gasteiger partial charge in [-0.05, 0) is 13.8 Å². The van der Waals surface area contributed by atoms with Crippen LogP contribution in [0.1, 0.15) is 35.1 Å². The molecule has 0 aliphatic heterocycles. The monoisotopic (exact) mass is 159 g/mol. The second kappa shape index (κ2) is 12.4. The van der Waals surface area contributed by atoms with Crippen molar-refractivity contribution in [2.75, 3.05) is 7.11 Å². The number of Topliss-reactive ketones (excluding diaryl/α,β-unsaturated/α-hetero) is 1. The predicted molar refractivity (Wildman–Crippen MR) is 51.0 cm³/mol. The van der Waals surface area contributed by atoms with Gasteiger partial charge in [-0.25, -0.2) is 0 Å². The van der Waals surface area contributed by atoms with Crippen molar-refractivity contribution in [1.82, 2.24) is 0 Å². The van der Waals surface area contributed by atoms with Crippen molar-refractivity contribution >= 4 is 14.2 Å². The molecular formula is C8H20BO2. The van der Waals surface area contributed by atoms with Crippen LogP contribution in [0, 0.1) is 0 Å².